The number of anilines is 1. The molecule has 0 saturated carbocycles. The molecule has 0 atom stereocenters. The first kappa shape index (κ1) is 13.6. The molecule has 2 aromatic carbocycles. The third-order valence-corrected chi connectivity index (χ3v) is 4.01. The van der Waals surface area contributed by atoms with Gasteiger partial charge in [-0.15, -0.1) is 0 Å². The van der Waals surface area contributed by atoms with Crippen LogP contribution in [0.2, 0.25) is 0 Å². The summed E-state index contributed by atoms with van der Waals surface area (Å²) >= 11 is 0. The quantitative estimate of drug-likeness (QED) is 0.566. The Labute approximate surface area is 134 Å². The van der Waals surface area contributed by atoms with Crippen LogP contribution in [0.3, 0.4) is 0 Å². The van der Waals surface area contributed by atoms with Crippen molar-refractivity contribution in [1.82, 2.24) is 0 Å². The lowest BCUT2D eigenvalue weighted by atomic mass is 10.1. The Balaban J connectivity index is 1.54. The second kappa shape index (κ2) is 5.61. The third kappa shape index (κ3) is 2.69. The highest BCUT2D eigenvalue weighted by atomic mass is 16.3. The largest absolute Gasteiger partial charge is 0.465 e. The molecule has 3 nitrogen and oxygen atoms in total. The fourth-order valence-corrected chi connectivity index (χ4v) is 2.93. The van der Waals surface area contributed by atoms with Gasteiger partial charge in [-0.1, -0.05) is 30.3 Å². The van der Waals surface area contributed by atoms with E-state index in [9.17, 15) is 4.79 Å². The van der Waals surface area contributed by atoms with Gasteiger partial charge < -0.3 is 9.73 Å². The molecule has 1 heterocycles. The predicted octanol–water partition coefficient (Wildman–Crippen LogP) is 4.50. The molecule has 0 bridgehead atoms. The fraction of sp³-hybridized carbons (Fsp3) is 0.0500. The number of benzene rings is 2. The van der Waals surface area contributed by atoms with Crippen molar-refractivity contribution in [3.05, 3.63) is 83.8 Å². The number of carbonyl (C=O) groups excluding carboxylic acids is 1. The monoisotopic (exact) mass is 301 g/mol. The van der Waals surface area contributed by atoms with Crippen LogP contribution in [0.25, 0.3) is 17.2 Å². The van der Waals surface area contributed by atoms with E-state index < -0.39 is 0 Å². The first-order valence-electron chi connectivity index (χ1n) is 7.53. The summed E-state index contributed by atoms with van der Waals surface area (Å²) in [5.74, 6) is 0.482. The minimum Gasteiger partial charge on any atom is -0.465 e. The van der Waals surface area contributed by atoms with Crippen LogP contribution >= 0.6 is 0 Å². The van der Waals surface area contributed by atoms with Crippen molar-refractivity contribution in [3.8, 4) is 11.1 Å². The van der Waals surface area contributed by atoms with E-state index in [1.165, 1.54) is 28.3 Å². The zero-order chi connectivity index (χ0) is 15.6. The van der Waals surface area contributed by atoms with E-state index in [2.05, 4.69) is 29.6 Å². The molecule has 1 aromatic heterocycles. The maximum Gasteiger partial charge on any atom is 0.248 e. The first-order chi connectivity index (χ1) is 11.3. The molecule has 0 unspecified atom stereocenters. The Kier molecular flexibility index (Phi) is 3.31. The Morgan fingerprint density at radius 1 is 1.00 bits per heavy atom. The second-order valence-corrected chi connectivity index (χ2v) is 5.54. The molecule has 3 aromatic rings. The molecular formula is C20H15NO2. The van der Waals surface area contributed by atoms with Crippen molar-refractivity contribution in [3.63, 3.8) is 0 Å². The molecule has 1 aliphatic carbocycles. The second-order valence-electron chi connectivity index (χ2n) is 5.54. The van der Waals surface area contributed by atoms with Crippen molar-refractivity contribution in [2.45, 2.75) is 6.42 Å². The third-order valence-electron chi connectivity index (χ3n) is 4.01. The Morgan fingerprint density at radius 2 is 1.87 bits per heavy atom. The first-order valence-corrected chi connectivity index (χ1v) is 7.53. The number of fused-ring (bicyclic) bond motifs is 3. The van der Waals surface area contributed by atoms with Crippen LogP contribution in [0.5, 0.6) is 0 Å². The number of rotatable bonds is 3. The number of amides is 1. The van der Waals surface area contributed by atoms with Crippen LogP contribution in [-0.4, -0.2) is 5.91 Å². The molecule has 4 rings (SSSR count). The van der Waals surface area contributed by atoms with Gasteiger partial charge in [-0.25, -0.2) is 0 Å². The molecule has 0 saturated heterocycles. The van der Waals surface area contributed by atoms with Gasteiger partial charge in [0.25, 0.3) is 0 Å². The van der Waals surface area contributed by atoms with Crippen molar-refractivity contribution < 1.29 is 9.21 Å². The minimum absolute atomic E-state index is 0.173. The van der Waals surface area contributed by atoms with E-state index in [-0.39, 0.29) is 5.91 Å². The smallest absolute Gasteiger partial charge is 0.248 e. The average Bonchev–Trinajstić information content (AvgIpc) is 3.20. The molecule has 0 radical (unpaired) electrons. The van der Waals surface area contributed by atoms with Crippen LogP contribution in [0, 0.1) is 0 Å². The van der Waals surface area contributed by atoms with Gasteiger partial charge in [0.1, 0.15) is 5.76 Å². The summed E-state index contributed by atoms with van der Waals surface area (Å²) < 4.78 is 5.17. The van der Waals surface area contributed by atoms with Gasteiger partial charge in [0.05, 0.1) is 6.26 Å². The normalized spacial score (nSPS) is 12.2. The van der Waals surface area contributed by atoms with Crippen molar-refractivity contribution in [1.29, 1.82) is 0 Å². The van der Waals surface area contributed by atoms with Gasteiger partial charge in [-0.05, 0) is 59.0 Å². The summed E-state index contributed by atoms with van der Waals surface area (Å²) in [6.07, 6.45) is 5.66. The summed E-state index contributed by atoms with van der Waals surface area (Å²) in [6.45, 7) is 0. The number of hydrogen-bond acceptors (Lipinski definition) is 2. The molecule has 1 aliphatic rings. The van der Waals surface area contributed by atoms with E-state index in [4.69, 9.17) is 4.42 Å². The molecule has 23 heavy (non-hydrogen) atoms. The molecule has 0 aliphatic heterocycles. The Bertz CT molecular complexity index is 892. The molecule has 0 fully saturated rings. The fourth-order valence-electron chi connectivity index (χ4n) is 2.93. The number of nitrogens with one attached hydrogen (secondary N) is 1. The van der Waals surface area contributed by atoms with Gasteiger partial charge in [0, 0.05) is 11.8 Å². The van der Waals surface area contributed by atoms with Crippen LogP contribution in [0.4, 0.5) is 5.69 Å². The molecule has 3 heteroatoms. The molecule has 112 valence electrons. The van der Waals surface area contributed by atoms with Gasteiger partial charge in [0.2, 0.25) is 5.91 Å². The average molecular weight is 301 g/mol. The van der Waals surface area contributed by atoms with Crippen LogP contribution in [0.15, 0.2) is 71.4 Å². The van der Waals surface area contributed by atoms with Gasteiger partial charge in [-0.2, -0.15) is 0 Å². The van der Waals surface area contributed by atoms with E-state index in [1.807, 2.05) is 18.2 Å². The van der Waals surface area contributed by atoms with Crippen molar-refractivity contribution >= 4 is 17.7 Å². The van der Waals surface area contributed by atoms with Crippen LogP contribution in [-0.2, 0) is 11.2 Å². The van der Waals surface area contributed by atoms with Crippen molar-refractivity contribution in [2.75, 3.05) is 5.32 Å². The lowest BCUT2D eigenvalue weighted by molar-refractivity contribution is -0.111. The van der Waals surface area contributed by atoms with Gasteiger partial charge >= 0.3 is 0 Å². The summed E-state index contributed by atoms with van der Waals surface area (Å²) in [6, 6.07) is 18.1. The van der Waals surface area contributed by atoms with Crippen molar-refractivity contribution in [2.24, 2.45) is 0 Å². The van der Waals surface area contributed by atoms with E-state index in [1.54, 1.807) is 24.5 Å². The molecule has 1 N–H and O–H groups in total. The maximum absolute atomic E-state index is 12.0. The number of hydrogen-bond donors (Lipinski definition) is 1. The zero-order valence-electron chi connectivity index (χ0n) is 12.5. The highest BCUT2D eigenvalue weighted by molar-refractivity contribution is 6.02. The number of furan rings is 1. The Morgan fingerprint density at radius 3 is 2.74 bits per heavy atom. The lowest BCUT2D eigenvalue weighted by Crippen LogP contribution is -2.07. The van der Waals surface area contributed by atoms with Gasteiger partial charge in [-0.3, -0.25) is 4.79 Å². The summed E-state index contributed by atoms with van der Waals surface area (Å²) in [5, 5.41) is 2.90. The molecule has 0 spiro atoms. The summed E-state index contributed by atoms with van der Waals surface area (Å²) in [7, 11) is 0. The topological polar surface area (TPSA) is 42.2 Å². The van der Waals surface area contributed by atoms with E-state index in [0.29, 0.717) is 5.76 Å². The number of carbonyl (C=O) groups is 1. The van der Waals surface area contributed by atoms with E-state index >= 15 is 0 Å². The molecular weight excluding hydrogens is 286 g/mol. The standard InChI is InChI=1S/C20H15NO2/c22-20(10-9-17-5-3-11-23-17)21-16-8-7-15-12-14-4-1-2-6-18(14)19(15)13-16/h1-11,13H,12H2,(H,21,22)/b10-9+. The van der Waals surface area contributed by atoms with E-state index in [0.717, 1.165) is 12.1 Å². The highest BCUT2D eigenvalue weighted by Gasteiger charge is 2.17. The minimum atomic E-state index is -0.173. The summed E-state index contributed by atoms with van der Waals surface area (Å²) in [5.41, 5.74) is 5.90. The predicted molar refractivity (Wildman–Crippen MR) is 91.1 cm³/mol. The zero-order valence-corrected chi connectivity index (χ0v) is 12.5. The van der Waals surface area contributed by atoms with Crippen LogP contribution in [0.1, 0.15) is 16.9 Å². The van der Waals surface area contributed by atoms with Gasteiger partial charge in [0.15, 0.2) is 0 Å². The Hall–Kier alpha value is -3.07. The van der Waals surface area contributed by atoms with Crippen LogP contribution < -0.4 is 5.32 Å². The lowest BCUT2D eigenvalue weighted by Gasteiger charge is -2.06. The summed E-state index contributed by atoms with van der Waals surface area (Å²) in [4.78, 5) is 12.0. The SMILES string of the molecule is O=C(/C=C/c1ccco1)Nc1ccc2c(c1)-c1ccccc1C2. The highest BCUT2D eigenvalue weighted by Crippen LogP contribution is 2.37. The molecule has 1 amide bonds. The maximum atomic E-state index is 12.0.